The van der Waals surface area contributed by atoms with Crippen LogP contribution in [0.5, 0.6) is 0 Å². The molecule has 0 radical (unpaired) electrons. The number of amides is 1. The fraction of sp³-hybridized carbons (Fsp3) is 0.333. The van der Waals surface area contributed by atoms with Crippen LogP contribution >= 0.6 is 0 Å². The van der Waals surface area contributed by atoms with Gasteiger partial charge in [-0.25, -0.2) is 17.9 Å². The minimum Gasteiger partial charge on any atom is -0.474 e. The lowest BCUT2D eigenvalue weighted by molar-refractivity contribution is -0.147. The van der Waals surface area contributed by atoms with Gasteiger partial charge in [-0.2, -0.15) is 0 Å². The van der Waals surface area contributed by atoms with Gasteiger partial charge in [0, 0.05) is 11.7 Å². The molecule has 0 aliphatic rings. The highest BCUT2D eigenvalue weighted by atomic mass is 32.2. The van der Waals surface area contributed by atoms with Gasteiger partial charge in [0.15, 0.2) is 0 Å². The molecule has 0 aliphatic carbocycles. The summed E-state index contributed by atoms with van der Waals surface area (Å²) in [5.74, 6) is -2.79. The van der Waals surface area contributed by atoms with Crippen LogP contribution in [0.15, 0.2) is 29.2 Å². The van der Waals surface area contributed by atoms with E-state index in [1.807, 2.05) is 6.92 Å². The standard InChI is InChI=1S/C12H16N2O5S/c1-3-8(2)14-20(18,19)10-6-4-9(5-7-10)13-11(15)12(16)17/h4-8,14H,3H2,1-2H3,(H,13,15)(H,16,17)/t8-/m0/s1. The lowest BCUT2D eigenvalue weighted by Gasteiger charge is -2.12. The first-order chi connectivity index (χ1) is 9.26. The molecule has 3 N–H and O–H groups in total. The van der Waals surface area contributed by atoms with Crippen LogP contribution in [-0.2, 0) is 19.6 Å². The van der Waals surface area contributed by atoms with Crippen LogP contribution in [0, 0.1) is 0 Å². The number of hydrogen-bond acceptors (Lipinski definition) is 4. The van der Waals surface area contributed by atoms with Crippen molar-refractivity contribution >= 4 is 27.6 Å². The molecule has 1 amide bonds. The molecule has 1 aromatic carbocycles. The Morgan fingerprint density at radius 3 is 2.25 bits per heavy atom. The lowest BCUT2D eigenvalue weighted by Crippen LogP contribution is -2.32. The summed E-state index contributed by atoms with van der Waals surface area (Å²) in [5.41, 5.74) is 0.208. The summed E-state index contributed by atoms with van der Waals surface area (Å²) in [6, 6.07) is 5.05. The van der Waals surface area contributed by atoms with Crippen molar-refractivity contribution in [2.24, 2.45) is 0 Å². The van der Waals surface area contributed by atoms with E-state index in [9.17, 15) is 18.0 Å². The first kappa shape index (κ1) is 16.1. The molecule has 1 aromatic rings. The molecule has 0 heterocycles. The Balaban J connectivity index is 2.86. The summed E-state index contributed by atoms with van der Waals surface area (Å²) in [7, 11) is -3.61. The van der Waals surface area contributed by atoms with Crippen LogP contribution in [0.4, 0.5) is 5.69 Å². The van der Waals surface area contributed by atoms with Crippen molar-refractivity contribution < 1.29 is 23.1 Å². The third-order valence-electron chi connectivity index (χ3n) is 2.59. The summed E-state index contributed by atoms with van der Waals surface area (Å²) in [6.45, 7) is 3.61. The maximum absolute atomic E-state index is 12.0. The van der Waals surface area contributed by atoms with E-state index in [0.29, 0.717) is 6.42 Å². The average Bonchev–Trinajstić information content (AvgIpc) is 2.38. The van der Waals surface area contributed by atoms with Crippen molar-refractivity contribution in [3.8, 4) is 0 Å². The fourth-order valence-corrected chi connectivity index (χ4v) is 2.65. The SMILES string of the molecule is CC[C@H](C)NS(=O)(=O)c1ccc(NC(=O)C(=O)O)cc1. The maximum Gasteiger partial charge on any atom is 0.394 e. The molecule has 0 bridgehead atoms. The highest BCUT2D eigenvalue weighted by Gasteiger charge is 2.17. The van der Waals surface area contributed by atoms with Gasteiger partial charge in [0.2, 0.25) is 10.0 Å². The summed E-state index contributed by atoms with van der Waals surface area (Å²) >= 11 is 0. The van der Waals surface area contributed by atoms with Crippen LogP contribution < -0.4 is 10.0 Å². The topological polar surface area (TPSA) is 113 Å². The lowest BCUT2D eigenvalue weighted by atomic mass is 10.3. The Morgan fingerprint density at radius 2 is 1.80 bits per heavy atom. The average molecular weight is 300 g/mol. The highest BCUT2D eigenvalue weighted by molar-refractivity contribution is 7.89. The van der Waals surface area contributed by atoms with Gasteiger partial charge in [-0.05, 0) is 37.6 Å². The summed E-state index contributed by atoms with van der Waals surface area (Å²) in [5, 5.41) is 10.6. The Kier molecular flexibility index (Phi) is 5.23. The zero-order chi connectivity index (χ0) is 15.3. The second-order valence-corrected chi connectivity index (χ2v) is 5.93. The van der Waals surface area contributed by atoms with Crippen molar-refractivity contribution in [1.82, 2.24) is 4.72 Å². The van der Waals surface area contributed by atoms with Crippen molar-refractivity contribution in [3.63, 3.8) is 0 Å². The first-order valence-corrected chi connectivity index (χ1v) is 7.41. The highest BCUT2D eigenvalue weighted by Crippen LogP contribution is 2.14. The molecule has 0 saturated heterocycles. The molecular formula is C12H16N2O5S. The van der Waals surface area contributed by atoms with Crippen molar-refractivity contribution in [2.75, 3.05) is 5.32 Å². The number of carboxylic acids is 1. The van der Waals surface area contributed by atoms with E-state index in [-0.39, 0.29) is 16.6 Å². The molecule has 0 saturated carbocycles. The second kappa shape index (κ2) is 6.49. The van der Waals surface area contributed by atoms with E-state index in [2.05, 4.69) is 10.0 Å². The van der Waals surface area contributed by atoms with Gasteiger partial charge in [-0.3, -0.25) is 4.79 Å². The van der Waals surface area contributed by atoms with Gasteiger partial charge in [-0.1, -0.05) is 6.92 Å². The number of carbonyl (C=O) groups excluding carboxylic acids is 1. The number of benzene rings is 1. The minimum atomic E-state index is -3.61. The van der Waals surface area contributed by atoms with Crippen LogP contribution in [0.25, 0.3) is 0 Å². The normalized spacial score (nSPS) is 12.7. The van der Waals surface area contributed by atoms with E-state index < -0.39 is 21.9 Å². The predicted octanol–water partition coefficient (Wildman–Crippen LogP) is 0.786. The van der Waals surface area contributed by atoms with Crippen molar-refractivity contribution in [2.45, 2.75) is 31.2 Å². The first-order valence-electron chi connectivity index (χ1n) is 5.93. The number of carbonyl (C=O) groups is 2. The number of anilines is 1. The molecule has 0 unspecified atom stereocenters. The molecule has 0 aliphatic heterocycles. The smallest absolute Gasteiger partial charge is 0.394 e. The van der Waals surface area contributed by atoms with Crippen LogP contribution in [0.3, 0.4) is 0 Å². The monoisotopic (exact) mass is 300 g/mol. The molecule has 110 valence electrons. The molecule has 7 nitrogen and oxygen atoms in total. The number of carboxylic acid groups (broad SMARTS) is 1. The number of hydrogen-bond donors (Lipinski definition) is 3. The molecule has 8 heteroatoms. The zero-order valence-electron chi connectivity index (χ0n) is 11.1. The van der Waals surface area contributed by atoms with E-state index in [1.54, 1.807) is 6.92 Å². The van der Waals surface area contributed by atoms with E-state index in [1.165, 1.54) is 24.3 Å². The van der Waals surface area contributed by atoms with E-state index in [0.717, 1.165) is 0 Å². The van der Waals surface area contributed by atoms with Crippen LogP contribution in [0.2, 0.25) is 0 Å². The van der Waals surface area contributed by atoms with Crippen molar-refractivity contribution in [3.05, 3.63) is 24.3 Å². The number of sulfonamides is 1. The van der Waals surface area contributed by atoms with Crippen molar-refractivity contribution in [1.29, 1.82) is 0 Å². The van der Waals surface area contributed by atoms with Gasteiger partial charge in [0.1, 0.15) is 0 Å². The third kappa shape index (κ3) is 4.32. The van der Waals surface area contributed by atoms with E-state index in [4.69, 9.17) is 5.11 Å². The predicted molar refractivity (Wildman–Crippen MR) is 72.8 cm³/mol. The van der Waals surface area contributed by atoms with Crippen LogP contribution in [-0.4, -0.2) is 31.4 Å². The van der Waals surface area contributed by atoms with Gasteiger partial charge in [-0.15, -0.1) is 0 Å². The molecular weight excluding hydrogens is 284 g/mol. The minimum absolute atomic E-state index is 0.0473. The number of nitrogens with one attached hydrogen (secondary N) is 2. The largest absolute Gasteiger partial charge is 0.474 e. The second-order valence-electron chi connectivity index (χ2n) is 4.21. The summed E-state index contributed by atoms with van der Waals surface area (Å²) < 4.78 is 26.4. The summed E-state index contributed by atoms with van der Waals surface area (Å²) in [6.07, 6.45) is 0.659. The third-order valence-corrected chi connectivity index (χ3v) is 4.19. The Labute approximate surface area is 117 Å². The number of rotatable bonds is 5. The van der Waals surface area contributed by atoms with Gasteiger partial charge >= 0.3 is 11.9 Å². The Morgan fingerprint density at radius 1 is 1.25 bits per heavy atom. The Bertz CT molecular complexity index is 595. The zero-order valence-corrected chi connectivity index (χ0v) is 11.9. The molecule has 0 spiro atoms. The molecule has 1 rings (SSSR count). The van der Waals surface area contributed by atoms with Crippen LogP contribution in [0.1, 0.15) is 20.3 Å². The quantitative estimate of drug-likeness (QED) is 0.696. The number of aliphatic carboxylic acids is 1. The Hall–Kier alpha value is -1.93. The van der Waals surface area contributed by atoms with Gasteiger partial charge < -0.3 is 10.4 Å². The molecule has 1 atom stereocenters. The molecule has 20 heavy (non-hydrogen) atoms. The fourth-order valence-electron chi connectivity index (χ4n) is 1.32. The van der Waals surface area contributed by atoms with Gasteiger partial charge in [0.25, 0.3) is 0 Å². The maximum atomic E-state index is 12.0. The van der Waals surface area contributed by atoms with E-state index >= 15 is 0 Å². The summed E-state index contributed by atoms with van der Waals surface area (Å²) in [4.78, 5) is 21.4. The van der Waals surface area contributed by atoms with Gasteiger partial charge in [0.05, 0.1) is 4.90 Å². The molecule has 0 fully saturated rings. The molecule has 0 aromatic heterocycles.